The van der Waals surface area contributed by atoms with Gasteiger partial charge in [0.25, 0.3) is 0 Å². The molecule has 3 aromatic rings. The maximum atomic E-state index is 13.8. The number of thioether (sulfide) groups is 1. The van der Waals surface area contributed by atoms with Crippen LogP contribution in [0.15, 0.2) is 62.8 Å². The van der Waals surface area contributed by atoms with Crippen molar-refractivity contribution in [2.75, 3.05) is 11.5 Å². The van der Waals surface area contributed by atoms with Gasteiger partial charge in [0.1, 0.15) is 11.8 Å². The lowest BCUT2D eigenvalue weighted by Gasteiger charge is -2.30. The summed E-state index contributed by atoms with van der Waals surface area (Å²) in [5, 5.41) is -0.644. The van der Waals surface area contributed by atoms with Crippen LogP contribution in [-0.4, -0.2) is 34.2 Å². The molecular formula is C25H18BrF3N2O5S2. The van der Waals surface area contributed by atoms with Crippen molar-refractivity contribution < 1.29 is 32.3 Å². The minimum Gasteiger partial charge on any atom is -0.465 e. The first-order chi connectivity index (χ1) is 18.0. The SMILES string of the molecule is CCOC(=O)Cn1c2c(sc1=O)[C@@H](c1ccc(Br)cc1)[C@@H]1C(=O)N(c3cccc(C(F)(F)F)c3)C(=O)[C@@H]1S2. The zero-order chi connectivity index (χ0) is 27.4. The Bertz CT molecular complexity index is 1500. The monoisotopic (exact) mass is 626 g/mol. The third-order valence-electron chi connectivity index (χ3n) is 6.30. The van der Waals surface area contributed by atoms with Crippen LogP contribution in [0.1, 0.15) is 28.8 Å². The first-order valence-electron chi connectivity index (χ1n) is 11.4. The topological polar surface area (TPSA) is 85.7 Å². The van der Waals surface area contributed by atoms with E-state index in [1.807, 2.05) is 0 Å². The number of nitrogens with zero attached hydrogens (tertiary/aromatic N) is 2. The molecule has 0 unspecified atom stereocenters. The fourth-order valence-electron chi connectivity index (χ4n) is 4.70. The second kappa shape index (κ2) is 10.0. The van der Waals surface area contributed by atoms with Crippen molar-refractivity contribution in [1.82, 2.24) is 4.57 Å². The number of esters is 1. The number of alkyl halides is 3. The second-order valence-electron chi connectivity index (χ2n) is 8.58. The van der Waals surface area contributed by atoms with Crippen molar-refractivity contribution in [3.63, 3.8) is 0 Å². The van der Waals surface area contributed by atoms with E-state index in [1.165, 1.54) is 10.6 Å². The molecule has 0 saturated carbocycles. The Balaban J connectivity index is 1.63. The van der Waals surface area contributed by atoms with E-state index in [-0.39, 0.29) is 18.8 Å². The summed E-state index contributed by atoms with van der Waals surface area (Å²) in [5.41, 5.74) is -0.502. The molecular weight excluding hydrogens is 609 g/mol. The van der Waals surface area contributed by atoms with E-state index in [0.717, 1.165) is 50.7 Å². The molecule has 0 N–H and O–H groups in total. The van der Waals surface area contributed by atoms with Crippen molar-refractivity contribution in [3.8, 4) is 0 Å². The number of anilines is 1. The molecule has 0 radical (unpaired) electrons. The maximum Gasteiger partial charge on any atom is 0.416 e. The van der Waals surface area contributed by atoms with Gasteiger partial charge in [-0.2, -0.15) is 13.2 Å². The highest BCUT2D eigenvalue weighted by molar-refractivity contribution is 9.10. The first kappa shape index (κ1) is 26.7. The number of aromatic nitrogens is 1. The van der Waals surface area contributed by atoms with Crippen LogP contribution < -0.4 is 9.77 Å². The Labute approximate surface area is 230 Å². The number of ether oxygens (including phenoxy) is 1. The number of benzene rings is 2. The van der Waals surface area contributed by atoms with Crippen LogP contribution in [0, 0.1) is 5.92 Å². The minimum atomic E-state index is -4.66. The predicted molar refractivity (Wildman–Crippen MR) is 138 cm³/mol. The maximum absolute atomic E-state index is 13.8. The number of halogens is 4. The van der Waals surface area contributed by atoms with Crippen LogP contribution in [0.3, 0.4) is 0 Å². The lowest BCUT2D eigenvalue weighted by atomic mass is 9.83. The van der Waals surface area contributed by atoms with E-state index in [1.54, 1.807) is 31.2 Å². The fraction of sp³-hybridized carbons (Fsp3) is 0.280. The summed E-state index contributed by atoms with van der Waals surface area (Å²) in [6.07, 6.45) is -4.66. The van der Waals surface area contributed by atoms with Gasteiger partial charge < -0.3 is 4.74 Å². The molecule has 1 fully saturated rings. The molecule has 0 bridgehead atoms. The molecule has 7 nitrogen and oxygen atoms in total. The third kappa shape index (κ3) is 4.60. The van der Waals surface area contributed by atoms with Crippen LogP contribution in [-0.2, 0) is 31.8 Å². The standard InChI is InChI=1S/C25H18BrF3N2O5S2/c1-2-36-16(32)11-30-23-20(38-24(30)35)17(12-6-8-14(26)9-7-12)18-19(37-23)22(34)31(21(18)33)15-5-3-4-13(10-15)25(27,28)29/h3-10,17-19H,2,11H2,1H3/t17-,18-,19+/m0/s1. The molecule has 38 heavy (non-hydrogen) atoms. The number of amides is 2. The fourth-order valence-corrected chi connectivity index (χ4v) is 7.73. The first-order valence-corrected chi connectivity index (χ1v) is 13.9. The normalized spacial score (nSPS) is 20.9. The van der Waals surface area contributed by atoms with E-state index in [9.17, 15) is 32.3 Å². The Morgan fingerprint density at radius 3 is 2.45 bits per heavy atom. The van der Waals surface area contributed by atoms with E-state index in [2.05, 4.69) is 15.9 Å². The van der Waals surface area contributed by atoms with Crippen molar-refractivity contribution in [2.45, 2.75) is 35.8 Å². The lowest BCUT2D eigenvalue weighted by Crippen LogP contribution is -2.32. The molecule has 2 aliphatic heterocycles. The minimum absolute atomic E-state index is 0.123. The molecule has 2 amide bonds. The van der Waals surface area contributed by atoms with Gasteiger partial charge in [0.2, 0.25) is 11.8 Å². The molecule has 13 heteroatoms. The highest BCUT2D eigenvalue weighted by Crippen LogP contribution is 2.54. The highest BCUT2D eigenvalue weighted by atomic mass is 79.9. The molecule has 1 saturated heterocycles. The molecule has 0 aliphatic carbocycles. The van der Waals surface area contributed by atoms with Crippen molar-refractivity contribution in [1.29, 1.82) is 0 Å². The predicted octanol–water partition coefficient (Wildman–Crippen LogP) is 5.05. The van der Waals surface area contributed by atoms with Crippen LogP contribution in [0.25, 0.3) is 0 Å². The van der Waals surface area contributed by atoms with E-state index < -0.39 is 51.5 Å². The Morgan fingerprint density at radius 1 is 1.08 bits per heavy atom. The van der Waals surface area contributed by atoms with Crippen molar-refractivity contribution in [2.24, 2.45) is 5.92 Å². The van der Waals surface area contributed by atoms with Gasteiger partial charge in [-0.1, -0.05) is 57.2 Å². The summed E-state index contributed by atoms with van der Waals surface area (Å²) in [6.45, 7) is 1.39. The van der Waals surface area contributed by atoms with Crippen LogP contribution in [0.4, 0.5) is 18.9 Å². The van der Waals surface area contributed by atoms with E-state index in [4.69, 9.17) is 4.74 Å². The molecule has 1 aromatic heterocycles. The summed E-state index contributed by atoms with van der Waals surface area (Å²) in [6, 6.07) is 11.1. The smallest absolute Gasteiger partial charge is 0.416 e. The number of imide groups is 1. The summed E-state index contributed by atoms with van der Waals surface area (Å²) in [4.78, 5) is 53.4. The summed E-state index contributed by atoms with van der Waals surface area (Å²) in [7, 11) is 0. The Morgan fingerprint density at radius 2 is 1.79 bits per heavy atom. The van der Waals surface area contributed by atoms with Crippen molar-refractivity contribution >= 4 is 62.5 Å². The van der Waals surface area contributed by atoms with Crippen LogP contribution in [0.5, 0.6) is 0 Å². The number of fused-ring (bicyclic) bond motifs is 2. The number of carbonyl (C=O) groups excluding carboxylic acids is 3. The summed E-state index contributed by atoms with van der Waals surface area (Å²) in [5.74, 6) is -3.65. The van der Waals surface area contributed by atoms with Gasteiger partial charge in [-0.25, -0.2) is 4.90 Å². The average molecular weight is 627 g/mol. The van der Waals surface area contributed by atoms with Crippen LogP contribution >= 0.6 is 39.0 Å². The molecule has 198 valence electrons. The number of hydrogen-bond donors (Lipinski definition) is 0. The number of thiazole rings is 1. The largest absolute Gasteiger partial charge is 0.465 e. The second-order valence-corrected chi connectivity index (χ2v) is 11.6. The molecule has 2 aliphatic rings. The molecule has 5 rings (SSSR count). The average Bonchev–Trinajstić information content (AvgIpc) is 3.30. The quantitative estimate of drug-likeness (QED) is 0.291. The van der Waals surface area contributed by atoms with Gasteiger partial charge in [-0.3, -0.25) is 23.7 Å². The summed E-state index contributed by atoms with van der Waals surface area (Å²) >= 11 is 5.23. The Kier molecular flexibility index (Phi) is 7.03. The molecule has 2 aromatic carbocycles. The Hall–Kier alpha value is -2.90. The number of hydrogen-bond acceptors (Lipinski definition) is 7. The van der Waals surface area contributed by atoms with E-state index >= 15 is 0 Å². The molecule has 3 atom stereocenters. The summed E-state index contributed by atoms with van der Waals surface area (Å²) < 4.78 is 47.1. The van der Waals surface area contributed by atoms with Gasteiger partial charge in [0.15, 0.2) is 0 Å². The zero-order valence-corrected chi connectivity index (χ0v) is 22.7. The van der Waals surface area contributed by atoms with Gasteiger partial charge in [-0.15, -0.1) is 0 Å². The van der Waals surface area contributed by atoms with Gasteiger partial charge >= 0.3 is 17.0 Å². The van der Waals surface area contributed by atoms with Gasteiger partial charge in [-0.05, 0) is 42.8 Å². The third-order valence-corrected chi connectivity index (χ3v) is 9.44. The highest BCUT2D eigenvalue weighted by Gasteiger charge is 2.57. The van der Waals surface area contributed by atoms with Gasteiger partial charge in [0.05, 0.1) is 28.8 Å². The van der Waals surface area contributed by atoms with E-state index in [0.29, 0.717) is 15.5 Å². The number of carbonyl (C=O) groups is 3. The van der Waals surface area contributed by atoms with Crippen molar-refractivity contribution in [3.05, 3.63) is 78.7 Å². The van der Waals surface area contributed by atoms with Crippen LogP contribution in [0.2, 0.25) is 0 Å². The lowest BCUT2D eigenvalue weighted by molar-refractivity contribution is -0.144. The number of rotatable bonds is 5. The zero-order valence-electron chi connectivity index (χ0n) is 19.5. The molecule has 3 heterocycles. The molecule has 0 spiro atoms. The van der Waals surface area contributed by atoms with Gasteiger partial charge in [0, 0.05) is 15.3 Å².